The second kappa shape index (κ2) is 13.1. The Labute approximate surface area is 203 Å². The molecule has 2 aromatic carbocycles. The summed E-state index contributed by atoms with van der Waals surface area (Å²) >= 11 is 0. The highest BCUT2D eigenvalue weighted by Gasteiger charge is 2.27. The number of amides is 3. The molecule has 3 amide bonds. The van der Waals surface area contributed by atoms with Gasteiger partial charge in [0.25, 0.3) is 0 Å². The fraction of sp³-hybridized carbons (Fsp3) is 0.360. The number of rotatable bonds is 12. The lowest BCUT2D eigenvalue weighted by molar-refractivity contribution is -0.142. The average Bonchev–Trinajstić information content (AvgIpc) is 2.82. The highest BCUT2D eigenvalue weighted by atomic mass is 16.4. The summed E-state index contributed by atoms with van der Waals surface area (Å²) in [6.07, 6.45) is 0.0971. The number of carboxylic acids is 1. The van der Waals surface area contributed by atoms with Crippen LogP contribution in [0, 0.1) is 5.92 Å². The van der Waals surface area contributed by atoms with Gasteiger partial charge in [-0.05, 0) is 29.2 Å². The number of carbonyl (C=O) groups excluding carboxylic acids is 3. The van der Waals surface area contributed by atoms with Crippen molar-refractivity contribution >= 4 is 23.7 Å². The summed E-state index contributed by atoms with van der Waals surface area (Å²) in [5, 5.41) is 26.5. The minimum atomic E-state index is -1.26. The van der Waals surface area contributed by atoms with E-state index in [1.165, 1.54) is 12.1 Å². The largest absolute Gasteiger partial charge is 0.508 e. The van der Waals surface area contributed by atoms with Crippen molar-refractivity contribution in [2.45, 2.75) is 44.8 Å². The lowest BCUT2D eigenvalue weighted by Crippen LogP contribution is -2.55. The number of phenolic OH excluding ortho intramolecular Hbond substituents is 1. The summed E-state index contributed by atoms with van der Waals surface area (Å²) in [5.74, 6) is -3.10. The van der Waals surface area contributed by atoms with Gasteiger partial charge in [-0.1, -0.05) is 56.3 Å². The molecule has 10 nitrogen and oxygen atoms in total. The normalized spacial score (nSPS) is 13.4. The first-order valence-corrected chi connectivity index (χ1v) is 11.2. The van der Waals surface area contributed by atoms with Crippen molar-refractivity contribution < 1.29 is 29.4 Å². The molecule has 0 saturated carbocycles. The van der Waals surface area contributed by atoms with Gasteiger partial charge in [0, 0.05) is 12.8 Å². The molecule has 0 aliphatic heterocycles. The quantitative estimate of drug-likeness (QED) is 0.252. The van der Waals surface area contributed by atoms with E-state index in [2.05, 4.69) is 16.0 Å². The van der Waals surface area contributed by atoms with Crippen LogP contribution in [0.25, 0.3) is 0 Å². The molecular formula is C25H32N4O6. The van der Waals surface area contributed by atoms with Crippen molar-refractivity contribution in [1.29, 1.82) is 0 Å². The third-order valence-corrected chi connectivity index (χ3v) is 5.37. The van der Waals surface area contributed by atoms with Crippen LogP contribution >= 0.6 is 0 Å². The van der Waals surface area contributed by atoms with Crippen molar-refractivity contribution in [2.24, 2.45) is 11.7 Å². The molecule has 3 unspecified atom stereocenters. The first-order valence-electron chi connectivity index (χ1n) is 11.2. The standard InChI is InChI=1S/C25H32N4O6/c1-15(2)22(26)24(33)27-14-21(31)28-19(12-16-6-4-3-5-7-16)23(32)29-20(25(34)35)13-17-8-10-18(30)11-9-17/h3-11,15,19-20,22,30H,12-14,26H2,1-2H3,(H,27,33)(H,28,31)(H,29,32)(H,34,35). The Morgan fingerprint density at radius 3 is 1.97 bits per heavy atom. The first kappa shape index (κ1) is 27.3. The minimum Gasteiger partial charge on any atom is -0.508 e. The third-order valence-electron chi connectivity index (χ3n) is 5.37. The summed E-state index contributed by atoms with van der Waals surface area (Å²) in [5.41, 5.74) is 7.13. The molecule has 0 fully saturated rings. The number of phenols is 1. The van der Waals surface area contributed by atoms with Crippen molar-refractivity contribution in [3.8, 4) is 5.75 Å². The van der Waals surface area contributed by atoms with Gasteiger partial charge in [0.2, 0.25) is 17.7 Å². The monoisotopic (exact) mass is 484 g/mol. The van der Waals surface area contributed by atoms with E-state index in [1.807, 2.05) is 6.07 Å². The van der Waals surface area contributed by atoms with E-state index in [9.17, 15) is 29.4 Å². The van der Waals surface area contributed by atoms with Gasteiger partial charge in [-0.3, -0.25) is 14.4 Å². The Balaban J connectivity index is 2.10. The fourth-order valence-electron chi connectivity index (χ4n) is 3.23. The number of nitrogens with two attached hydrogens (primary N) is 1. The maximum Gasteiger partial charge on any atom is 0.326 e. The van der Waals surface area contributed by atoms with E-state index in [0.29, 0.717) is 5.56 Å². The van der Waals surface area contributed by atoms with E-state index in [4.69, 9.17) is 5.73 Å². The molecule has 0 radical (unpaired) electrons. The van der Waals surface area contributed by atoms with Gasteiger partial charge < -0.3 is 31.9 Å². The topological polar surface area (TPSA) is 171 Å². The van der Waals surface area contributed by atoms with Gasteiger partial charge in [0.05, 0.1) is 12.6 Å². The van der Waals surface area contributed by atoms with Crippen LogP contribution < -0.4 is 21.7 Å². The summed E-state index contributed by atoms with van der Waals surface area (Å²) in [6.45, 7) is 3.18. The molecule has 0 heterocycles. The number of carboxylic acid groups (broad SMARTS) is 1. The Hall–Kier alpha value is -3.92. The number of hydrogen-bond donors (Lipinski definition) is 6. The smallest absolute Gasteiger partial charge is 0.326 e. The number of nitrogens with one attached hydrogen (secondary N) is 3. The number of aliphatic carboxylic acids is 1. The van der Waals surface area contributed by atoms with Crippen LogP contribution in [0.1, 0.15) is 25.0 Å². The molecule has 0 bridgehead atoms. The van der Waals surface area contributed by atoms with Gasteiger partial charge in [0.1, 0.15) is 17.8 Å². The Kier molecular flexibility index (Phi) is 10.2. The molecule has 0 spiro atoms. The lowest BCUT2D eigenvalue weighted by Gasteiger charge is -2.22. The predicted molar refractivity (Wildman–Crippen MR) is 129 cm³/mol. The minimum absolute atomic E-state index is 0.0174. The van der Waals surface area contributed by atoms with E-state index < -0.39 is 41.8 Å². The van der Waals surface area contributed by atoms with Crippen LogP contribution in [-0.2, 0) is 32.0 Å². The van der Waals surface area contributed by atoms with Crippen molar-refractivity contribution in [1.82, 2.24) is 16.0 Å². The highest BCUT2D eigenvalue weighted by molar-refractivity contribution is 5.92. The average molecular weight is 485 g/mol. The number of aromatic hydroxyl groups is 1. The molecule has 2 rings (SSSR count). The molecule has 7 N–H and O–H groups in total. The van der Waals surface area contributed by atoms with E-state index >= 15 is 0 Å². The van der Waals surface area contributed by atoms with Crippen LogP contribution in [-0.4, -0.2) is 58.6 Å². The molecular weight excluding hydrogens is 452 g/mol. The van der Waals surface area contributed by atoms with Crippen molar-refractivity contribution in [2.75, 3.05) is 6.54 Å². The second-order valence-electron chi connectivity index (χ2n) is 8.57. The van der Waals surface area contributed by atoms with Gasteiger partial charge in [-0.15, -0.1) is 0 Å². The van der Waals surface area contributed by atoms with Gasteiger partial charge in [-0.25, -0.2) is 4.79 Å². The molecule has 2 aromatic rings. The zero-order valence-corrected chi connectivity index (χ0v) is 19.7. The number of benzene rings is 2. The Morgan fingerprint density at radius 2 is 1.40 bits per heavy atom. The lowest BCUT2D eigenvalue weighted by atomic mass is 10.0. The Morgan fingerprint density at radius 1 is 0.829 bits per heavy atom. The summed E-state index contributed by atoms with van der Waals surface area (Å²) in [4.78, 5) is 49.4. The highest BCUT2D eigenvalue weighted by Crippen LogP contribution is 2.12. The van der Waals surface area contributed by atoms with Crippen LogP contribution in [0.15, 0.2) is 54.6 Å². The maximum absolute atomic E-state index is 13.0. The molecule has 0 aliphatic rings. The van der Waals surface area contributed by atoms with Crippen LogP contribution in [0.5, 0.6) is 5.75 Å². The first-order chi connectivity index (χ1) is 16.6. The SMILES string of the molecule is CC(C)C(N)C(=O)NCC(=O)NC(Cc1ccccc1)C(=O)NC(Cc1ccc(O)cc1)C(=O)O. The van der Waals surface area contributed by atoms with E-state index in [-0.39, 0.29) is 31.1 Å². The summed E-state index contributed by atoms with van der Waals surface area (Å²) in [6, 6.07) is 11.8. The van der Waals surface area contributed by atoms with Crippen molar-refractivity contribution in [3.05, 3.63) is 65.7 Å². The Bertz CT molecular complexity index is 1010. The van der Waals surface area contributed by atoms with E-state index in [1.54, 1.807) is 50.2 Å². The zero-order chi connectivity index (χ0) is 26.0. The van der Waals surface area contributed by atoms with Crippen LogP contribution in [0.4, 0.5) is 0 Å². The summed E-state index contributed by atoms with van der Waals surface area (Å²) < 4.78 is 0. The number of hydrogen-bond acceptors (Lipinski definition) is 6. The van der Waals surface area contributed by atoms with Crippen LogP contribution in [0.2, 0.25) is 0 Å². The third kappa shape index (κ3) is 9.09. The van der Waals surface area contributed by atoms with Gasteiger partial charge in [0.15, 0.2) is 0 Å². The molecule has 3 atom stereocenters. The molecule has 10 heteroatoms. The molecule has 0 aromatic heterocycles. The van der Waals surface area contributed by atoms with Crippen molar-refractivity contribution in [3.63, 3.8) is 0 Å². The molecule has 0 saturated heterocycles. The number of carbonyl (C=O) groups is 4. The van der Waals surface area contributed by atoms with E-state index in [0.717, 1.165) is 5.56 Å². The molecule has 0 aliphatic carbocycles. The van der Waals surface area contributed by atoms with Crippen LogP contribution in [0.3, 0.4) is 0 Å². The fourth-order valence-corrected chi connectivity index (χ4v) is 3.23. The van der Waals surface area contributed by atoms with Gasteiger partial charge >= 0.3 is 5.97 Å². The molecule has 35 heavy (non-hydrogen) atoms. The maximum atomic E-state index is 13.0. The predicted octanol–water partition coefficient (Wildman–Crippen LogP) is 0.331. The van der Waals surface area contributed by atoms with Gasteiger partial charge in [-0.2, -0.15) is 0 Å². The molecule has 188 valence electrons. The second-order valence-corrected chi connectivity index (χ2v) is 8.57. The zero-order valence-electron chi connectivity index (χ0n) is 19.7. The summed E-state index contributed by atoms with van der Waals surface area (Å²) in [7, 11) is 0.